The van der Waals surface area contributed by atoms with Crippen molar-refractivity contribution in [1.29, 1.82) is 0 Å². The minimum atomic E-state index is -0.532. The number of ether oxygens (including phenoxy) is 3. The van der Waals surface area contributed by atoms with Crippen molar-refractivity contribution < 1.29 is 23.8 Å². The van der Waals surface area contributed by atoms with Crippen LogP contribution in [-0.4, -0.2) is 33.6 Å². The van der Waals surface area contributed by atoms with Crippen LogP contribution in [0.1, 0.15) is 26.3 Å². The fourth-order valence-electron chi connectivity index (χ4n) is 1.64. The van der Waals surface area contributed by atoms with E-state index in [9.17, 15) is 9.59 Å². The van der Waals surface area contributed by atoms with E-state index in [0.717, 1.165) is 0 Å². The maximum Gasteiger partial charge on any atom is 0.342 e. The monoisotopic (exact) mass is 238 g/mol. The molecule has 1 rings (SSSR count). The van der Waals surface area contributed by atoms with Crippen molar-refractivity contribution in [2.24, 2.45) is 0 Å². The average Bonchev–Trinajstić information content (AvgIpc) is 2.36. The zero-order valence-corrected chi connectivity index (χ0v) is 10.2. The van der Waals surface area contributed by atoms with E-state index in [1.165, 1.54) is 21.3 Å². The molecule has 0 aliphatic heterocycles. The van der Waals surface area contributed by atoms with Crippen molar-refractivity contribution in [1.82, 2.24) is 0 Å². The van der Waals surface area contributed by atoms with Gasteiger partial charge in [-0.15, -0.1) is 0 Å². The molecule has 0 bridgehead atoms. The molecular weight excluding hydrogens is 224 g/mol. The van der Waals surface area contributed by atoms with E-state index < -0.39 is 5.97 Å². The minimum absolute atomic E-state index is 0.210. The summed E-state index contributed by atoms with van der Waals surface area (Å²) in [5, 5.41) is 0. The minimum Gasteiger partial charge on any atom is -0.492 e. The molecular formula is C12H14O5. The smallest absolute Gasteiger partial charge is 0.342 e. The van der Waals surface area contributed by atoms with Gasteiger partial charge < -0.3 is 14.2 Å². The van der Waals surface area contributed by atoms with E-state index in [-0.39, 0.29) is 17.1 Å². The van der Waals surface area contributed by atoms with Gasteiger partial charge in [0.25, 0.3) is 0 Å². The van der Waals surface area contributed by atoms with Crippen LogP contribution in [0, 0.1) is 6.92 Å². The molecule has 0 saturated carbocycles. The van der Waals surface area contributed by atoms with Gasteiger partial charge in [-0.1, -0.05) is 0 Å². The molecule has 0 spiro atoms. The molecule has 1 aromatic carbocycles. The molecule has 1 aromatic rings. The Morgan fingerprint density at radius 3 is 2.18 bits per heavy atom. The lowest BCUT2D eigenvalue weighted by Crippen LogP contribution is -2.09. The second-order valence-electron chi connectivity index (χ2n) is 3.33. The van der Waals surface area contributed by atoms with Gasteiger partial charge in [0.1, 0.15) is 5.56 Å². The molecule has 0 aromatic heterocycles. The molecule has 5 heteroatoms. The molecule has 0 atom stereocenters. The van der Waals surface area contributed by atoms with E-state index in [2.05, 4.69) is 4.74 Å². The quantitative estimate of drug-likeness (QED) is 0.589. The summed E-state index contributed by atoms with van der Waals surface area (Å²) in [5.74, 6) is -0.0925. The highest BCUT2D eigenvalue weighted by Gasteiger charge is 2.23. The third-order valence-corrected chi connectivity index (χ3v) is 2.39. The number of hydrogen-bond donors (Lipinski definition) is 0. The summed E-state index contributed by atoms with van der Waals surface area (Å²) in [4.78, 5) is 22.5. The molecule has 5 nitrogen and oxygen atoms in total. The first kappa shape index (κ1) is 13.0. The third-order valence-electron chi connectivity index (χ3n) is 2.39. The normalized spacial score (nSPS) is 9.65. The number of methoxy groups -OCH3 is 3. The summed E-state index contributed by atoms with van der Waals surface area (Å²) in [6.07, 6.45) is 0.648. The van der Waals surface area contributed by atoms with Gasteiger partial charge in [0, 0.05) is 0 Å². The molecule has 0 unspecified atom stereocenters. The number of hydrogen-bond acceptors (Lipinski definition) is 5. The number of aryl methyl sites for hydroxylation is 1. The Hall–Kier alpha value is -2.04. The van der Waals surface area contributed by atoms with Crippen LogP contribution in [0.4, 0.5) is 0 Å². The summed E-state index contributed by atoms with van der Waals surface area (Å²) >= 11 is 0. The summed E-state index contributed by atoms with van der Waals surface area (Å²) in [6, 6.07) is 1.56. The maximum atomic E-state index is 11.6. The number of rotatable bonds is 4. The van der Waals surface area contributed by atoms with Crippen LogP contribution >= 0.6 is 0 Å². The van der Waals surface area contributed by atoms with Gasteiger partial charge in [-0.2, -0.15) is 0 Å². The molecule has 92 valence electrons. The highest BCUT2D eigenvalue weighted by molar-refractivity contribution is 5.97. The van der Waals surface area contributed by atoms with Gasteiger partial charge in [-0.3, -0.25) is 4.79 Å². The highest BCUT2D eigenvalue weighted by Crippen LogP contribution is 2.36. The summed E-state index contributed by atoms with van der Waals surface area (Å²) in [5.41, 5.74) is 1.18. The fourth-order valence-corrected chi connectivity index (χ4v) is 1.64. The number of carbonyl (C=O) groups is 2. The first-order valence-corrected chi connectivity index (χ1v) is 4.89. The first-order chi connectivity index (χ1) is 8.10. The molecule has 0 amide bonds. The lowest BCUT2D eigenvalue weighted by molar-refractivity contribution is 0.0595. The van der Waals surface area contributed by atoms with Gasteiger partial charge in [0.2, 0.25) is 0 Å². The molecule has 0 fully saturated rings. The average molecular weight is 238 g/mol. The van der Waals surface area contributed by atoms with Crippen LogP contribution in [0.25, 0.3) is 0 Å². The van der Waals surface area contributed by atoms with E-state index in [0.29, 0.717) is 17.4 Å². The van der Waals surface area contributed by atoms with Crippen molar-refractivity contribution in [3.8, 4) is 11.5 Å². The number of carbonyl (C=O) groups excluding carboxylic acids is 2. The number of aldehydes is 1. The van der Waals surface area contributed by atoms with Gasteiger partial charge in [-0.25, -0.2) is 4.79 Å². The largest absolute Gasteiger partial charge is 0.492 e. The van der Waals surface area contributed by atoms with Gasteiger partial charge in [0.15, 0.2) is 17.8 Å². The summed E-state index contributed by atoms with van der Waals surface area (Å²) < 4.78 is 14.9. The number of esters is 1. The molecule has 17 heavy (non-hydrogen) atoms. The SMILES string of the molecule is COC(=O)c1c(C)cc(C=O)c(OC)c1OC. The number of benzene rings is 1. The van der Waals surface area contributed by atoms with E-state index in [1.807, 2.05) is 0 Å². The predicted molar refractivity (Wildman–Crippen MR) is 61.0 cm³/mol. The summed E-state index contributed by atoms with van der Waals surface area (Å²) in [6.45, 7) is 1.70. The lowest BCUT2D eigenvalue weighted by Gasteiger charge is -2.15. The Labute approximate surface area is 99.3 Å². The van der Waals surface area contributed by atoms with Gasteiger partial charge in [0.05, 0.1) is 26.9 Å². The third kappa shape index (κ3) is 2.22. The van der Waals surface area contributed by atoms with Crippen molar-refractivity contribution >= 4 is 12.3 Å². The Kier molecular flexibility index (Phi) is 4.09. The zero-order chi connectivity index (χ0) is 13.0. The predicted octanol–water partition coefficient (Wildman–Crippen LogP) is 1.61. The van der Waals surface area contributed by atoms with Crippen LogP contribution in [0.3, 0.4) is 0 Å². The Balaban J connectivity index is 3.60. The highest BCUT2D eigenvalue weighted by atomic mass is 16.5. The van der Waals surface area contributed by atoms with Gasteiger partial charge >= 0.3 is 5.97 Å². The Morgan fingerprint density at radius 1 is 1.18 bits per heavy atom. The van der Waals surface area contributed by atoms with Crippen molar-refractivity contribution in [2.45, 2.75) is 6.92 Å². The lowest BCUT2D eigenvalue weighted by atomic mass is 10.0. The van der Waals surface area contributed by atoms with Crippen molar-refractivity contribution in [2.75, 3.05) is 21.3 Å². The standard InChI is InChI=1S/C12H14O5/c1-7-5-8(6-13)10(15-2)11(16-3)9(7)12(14)17-4/h5-6H,1-4H3. The van der Waals surface area contributed by atoms with Crippen LogP contribution in [-0.2, 0) is 4.74 Å². The second-order valence-corrected chi connectivity index (χ2v) is 3.33. The molecule has 0 saturated heterocycles. The molecule has 0 heterocycles. The molecule has 0 aliphatic rings. The van der Waals surface area contributed by atoms with Crippen LogP contribution < -0.4 is 9.47 Å². The van der Waals surface area contributed by atoms with Crippen LogP contribution in [0.2, 0.25) is 0 Å². The Morgan fingerprint density at radius 2 is 1.76 bits per heavy atom. The molecule has 0 N–H and O–H groups in total. The van der Waals surface area contributed by atoms with E-state index >= 15 is 0 Å². The fraction of sp³-hybridized carbons (Fsp3) is 0.333. The van der Waals surface area contributed by atoms with Crippen LogP contribution in [0.5, 0.6) is 11.5 Å². The molecule has 0 radical (unpaired) electrons. The van der Waals surface area contributed by atoms with Crippen LogP contribution in [0.15, 0.2) is 6.07 Å². The van der Waals surface area contributed by atoms with Crippen molar-refractivity contribution in [3.63, 3.8) is 0 Å². The van der Waals surface area contributed by atoms with E-state index in [4.69, 9.17) is 9.47 Å². The summed E-state index contributed by atoms with van der Waals surface area (Å²) in [7, 11) is 4.08. The molecule has 0 aliphatic carbocycles. The topological polar surface area (TPSA) is 61.8 Å². The van der Waals surface area contributed by atoms with Crippen molar-refractivity contribution in [3.05, 3.63) is 22.8 Å². The second kappa shape index (κ2) is 5.34. The van der Waals surface area contributed by atoms with E-state index in [1.54, 1.807) is 13.0 Å². The zero-order valence-electron chi connectivity index (χ0n) is 10.2. The maximum absolute atomic E-state index is 11.6. The Bertz CT molecular complexity index is 451. The van der Waals surface area contributed by atoms with Gasteiger partial charge in [-0.05, 0) is 18.6 Å². The first-order valence-electron chi connectivity index (χ1n) is 4.89.